The summed E-state index contributed by atoms with van der Waals surface area (Å²) in [6, 6.07) is 8.76. The van der Waals surface area contributed by atoms with Gasteiger partial charge >= 0.3 is 12.1 Å². The second kappa shape index (κ2) is 9.29. The van der Waals surface area contributed by atoms with Crippen LogP contribution in [0.3, 0.4) is 0 Å². The van der Waals surface area contributed by atoms with Crippen LogP contribution < -0.4 is 4.74 Å². The van der Waals surface area contributed by atoms with Gasteiger partial charge in [-0.1, -0.05) is 0 Å². The number of nitrogens with zero attached hydrogens (tertiary/aromatic N) is 1. The fourth-order valence-electron chi connectivity index (χ4n) is 2.25. The van der Waals surface area contributed by atoms with Gasteiger partial charge in [-0.3, -0.25) is 4.79 Å². The molecule has 6 nitrogen and oxygen atoms in total. The van der Waals surface area contributed by atoms with E-state index in [1.165, 1.54) is 42.7 Å². The van der Waals surface area contributed by atoms with E-state index < -0.39 is 31.2 Å². The Morgan fingerprint density at radius 1 is 1.14 bits per heavy atom. The minimum absolute atomic E-state index is 0.227. The number of alkyl halides is 3. The van der Waals surface area contributed by atoms with E-state index in [-0.39, 0.29) is 24.2 Å². The molecule has 0 atom stereocenters. The van der Waals surface area contributed by atoms with Gasteiger partial charge in [-0.25, -0.2) is 4.79 Å². The van der Waals surface area contributed by atoms with Crippen molar-refractivity contribution in [1.29, 1.82) is 0 Å². The highest BCUT2D eigenvalue weighted by atomic mass is 19.4. The third-order valence-corrected chi connectivity index (χ3v) is 3.44. The van der Waals surface area contributed by atoms with E-state index in [0.717, 1.165) is 0 Å². The Morgan fingerprint density at radius 3 is 2.36 bits per heavy atom. The van der Waals surface area contributed by atoms with Crippen LogP contribution in [0.1, 0.15) is 30.0 Å². The molecule has 0 fully saturated rings. The largest absolute Gasteiger partial charge is 0.484 e. The number of amides is 1. The normalized spacial score (nSPS) is 11.4. The zero-order chi connectivity index (χ0) is 20.7. The number of furan rings is 1. The minimum atomic E-state index is -4.55. The van der Waals surface area contributed by atoms with E-state index in [2.05, 4.69) is 0 Å². The van der Waals surface area contributed by atoms with Crippen molar-refractivity contribution in [2.24, 2.45) is 0 Å². The van der Waals surface area contributed by atoms with Gasteiger partial charge in [-0.15, -0.1) is 0 Å². The number of rotatable bonds is 8. The lowest BCUT2D eigenvalue weighted by atomic mass is 10.2. The Bertz CT molecular complexity index is 770. The number of hydrogen-bond donors (Lipinski definition) is 0. The zero-order valence-electron chi connectivity index (χ0n) is 15.4. The van der Waals surface area contributed by atoms with Gasteiger partial charge in [-0.2, -0.15) is 13.2 Å². The van der Waals surface area contributed by atoms with Crippen molar-refractivity contribution in [2.45, 2.75) is 32.7 Å². The summed E-state index contributed by atoms with van der Waals surface area (Å²) in [6.45, 7) is 1.10. The van der Waals surface area contributed by atoms with Crippen LogP contribution in [0, 0.1) is 0 Å². The Kier molecular flexibility index (Phi) is 7.08. The summed E-state index contributed by atoms with van der Waals surface area (Å²) in [5, 5.41) is 0. The quantitative estimate of drug-likeness (QED) is 0.632. The lowest BCUT2D eigenvalue weighted by molar-refractivity contribution is -0.164. The summed E-state index contributed by atoms with van der Waals surface area (Å²) >= 11 is 0. The van der Waals surface area contributed by atoms with Crippen LogP contribution in [-0.4, -0.2) is 42.2 Å². The number of hydrogen-bond acceptors (Lipinski definition) is 5. The van der Waals surface area contributed by atoms with Crippen molar-refractivity contribution in [1.82, 2.24) is 4.90 Å². The molecule has 0 aliphatic carbocycles. The maximum Gasteiger partial charge on any atom is 0.406 e. The highest BCUT2D eigenvalue weighted by Crippen LogP contribution is 2.19. The second-order valence-corrected chi connectivity index (χ2v) is 6.21. The zero-order valence-corrected chi connectivity index (χ0v) is 15.4. The van der Waals surface area contributed by atoms with E-state index in [1.807, 2.05) is 0 Å². The molecule has 0 saturated carbocycles. The van der Waals surface area contributed by atoms with E-state index >= 15 is 0 Å². The molecular weight excluding hydrogens is 379 g/mol. The molecule has 1 aromatic heterocycles. The molecule has 1 aromatic carbocycles. The van der Waals surface area contributed by atoms with Crippen LogP contribution in [0.15, 0.2) is 47.1 Å². The van der Waals surface area contributed by atoms with Crippen molar-refractivity contribution < 1.29 is 36.7 Å². The Labute approximate surface area is 159 Å². The van der Waals surface area contributed by atoms with Crippen molar-refractivity contribution in [3.8, 4) is 5.75 Å². The maximum atomic E-state index is 12.8. The SMILES string of the molecule is CC(C)OC(=O)c1ccc(OCC(=O)N(Cc2ccco2)CC(F)(F)F)cc1. The first-order chi connectivity index (χ1) is 13.1. The molecule has 2 rings (SSSR count). The third kappa shape index (κ3) is 6.98. The fraction of sp³-hybridized carbons (Fsp3) is 0.368. The molecule has 0 bridgehead atoms. The molecule has 0 saturated heterocycles. The number of esters is 1. The van der Waals surface area contributed by atoms with E-state index in [9.17, 15) is 22.8 Å². The summed E-state index contributed by atoms with van der Waals surface area (Å²) in [5.41, 5.74) is 0.295. The van der Waals surface area contributed by atoms with Crippen molar-refractivity contribution in [3.05, 3.63) is 54.0 Å². The Hall–Kier alpha value is -2.97. The number of ether oxygens (including phenoxy) is 2. The van der Waals surface area contributed by atoms with Gasteiger partial charge in [0, 0.05) is 0 Å². The van der Waals surface area contributed by atoms with Gasteiger partial charge in [0.1, 0.15) is 18.1 Å². The van der Waals surface area contributed by atoms with Crippen LogP contribution in [0.2, 0.25) is 0 Å². The molecule has 28 heavy (non-hydrogen) atoms. The minimum Gasteiger partial charge on any atom is -0.484 e. The van der Waals surface area contributed by atoms with Crippen LogP contribution in [-0.2, 0) is 16.1 Å². The summed E-state index contributed by atoms with van der Waals surface area (Å²) in [4.78, 5) is 24.6. The maximum absolute atomic E-state index is 12.8. The monoisotopic (exact) mass is 399 g/mol. The highest BCUT2D eigenvalue weighted by molar-refractivity contribution is 5.89. The second-order valence-electron chi connectivity index (χ2n) is 6.21. The molecule has 2 aromatic rings. The van der Waals surface area contributed by atoms with Gasteiger partial charge < -0.3 is 18.8 Å². The number of carbonyl (C=O) groups is 2. The van der Waals surface area contributed by atoms with Gasteiger partial charge in [0.25, 0.3) is 5.91 Å². The number of halogens is 3. The molecule has 1 amide bonds. The molecule has 1 heterocycles. The van der Waals surface area contributed by atoms with Crippen LogP contribution >= 0.6 is 0 Å². The third-order valence-electron chi connectivity index (χ3n) is 3.44. The summed E-state index contributed by atoms with van der Waals surface area (Å²) in [7, 11) is 0. The van der Waals surface area contributed by atoms with Gasteiger partial charge in [-0.05, 0) is 50.2 Å². The Morgan fingerprint density at radius 2 is 1.82 bits per heavy atom. The van der Waals surface area contributed by atoms with Crippen molar-refractivity contribution in [3.63, 3.8) is 0 Å². The average Bonchev–Trinajstić information content (AvgIpc) is 3.11. The predicted molar refractivity (Wildman–Crippen MR) is 92.7 cm³/mol. The first-order valence-corrected chi connectivity index (χ1v) is 8.45. The smallest absolute Gasteiger partial charge is 0.406 e. The summed E-state index contributed by atoms with van der Waals surface area (Å²) < 4.78 is 53.6. The summed E-state index contributed by atoms with van der Waals surface area (Å²) in [6.07, 6.45) is -3.51. The molecule has 0 spiro atoms. The molecule has 0 unspecified atom stereocenters. The summed E-state index contributed by atoms with van der Waals surface area (Å²) in [5.74, 6) is -0.894. The lowest BCUT2D eigenvalue weighted by Gasteiger charge is -2.23. The topological polar surface area (TPSA) is 69.0 Å². The van der Waals surface area contributed by atoms with E-state index in [1.54, 1.807) is 13.8 Å². The molecule has 0 aliphatic rings. The van der Waals surface area contributed by atoms with E-state index in [0.29, 0.717) is 10.5 Å². The predicted octanol–water partition coefficient (Wildman–Crippen LogP) is 3.81. The lowest BCUT2D eigenvalue weighted by Crippen LogP contribution is -2.40. The molecular formula is C19H20F3NO5. The molecule has 0 aliphatic heterocycles. The number of benzene rings is 1. The highest BCUT2D eigenvalue weighted by Gasteiger charge is 2.33. The van der Waals surface area contributed by atoms with Crippen LogP contribution in [0.5, 0.6) is 5.75 Å². The fourth-order valence-corrected chi connectivity index (χ4v) is 2.25. The first kappa shape index (κ1) is 21.3. The molecule has 152 valence electrons. The number of carbonyl (C=O) groups excluding carboxylic acids is 2. The first-order valence-electron chi connectivity index (χ1n) is 8.45. The molecule has 0 radical (unpaired) electrons. The molecule has 9 heteroatoms. The van der Waals surface area contributed by atoms with Crippen LogP contribution in [0.4, 0.5) is 13.2 Å². The van der Waals surface area contributed by atoms with Crippen LogP contribution in [0.25, 0.3) is 0 Å². The van der Waals surface area contributed by atoms with Crippen molar-refractivity contribution >= 4 is 11.9 Å². The van der Waals surface area contributed by atoms with Gasteiger partial charge in [0.15, 0.2) is 6.61 Å². The van der Waals surface area contributed by atoms with Crippen molar-refractivity contribution in [2.75, 3.05) is 13.2 Å². The Balaban J connectivity index is 1.96. The van der Waals surface area contributed by atoms with Gasteiger partial charge in [0.05, 0.1) is 24.5 Å². The van der Waals surface area contributed by atoms with E-state index in [4.69, 9.17) is 13.9 Å². The van der Waals surface area contributed by atoms with Gasteiger partial charge in [0.2, 0.25) is 0 Å². The average molecular weight is 399 g/mol. The molecule has 0 N–H and O–H groups in total. The standard InChI is InChI=1S/C19H20F3NO5/c1-13(2)28-18(25)14-5-7-15(8-6-14)27-11-17(24)23(12-19(20,21)22)10-16-4-3-9-26-16/h3-9,13H,10-12H2,1-2H3.